The maximum Gasteiger partial charge on any atom is 0.253 e. The molecule has 0 saturated heterocycles. The summed E-state index contributed by atoms with van der Waals surface area (Å²) in [5.74, 6) is -0.328. The van der Waals surface area contributed by atoms with E-state index in [-0.39, 0.29) is 17.1 Å². The standard InChI is InChI=1S/C20H23ClN2O2S/c1-3-4-13-22-20(25)17-7-5-6-8-18(17)23-19(24)14(2)26-16-11-9-15(21)10-12-16/h5-12,14H,3-4,13H2,1-2H3,(H,22,25)(H,23,24)/t14-/m1/s1. The van der Waals surface area contributed by atoms with Crippen LogP contribution in [0.3, 0.4) is 0 Å². The molecule has 0 saturated carbocycles. The van der Waals surface area contributed by atoms with Crippen molar-refractivity contribution in [2.75, 3.05) is 11.9 Å². The van der Waals surface area contributed by atoms with Crippen LogP contribution in [0.25, 0.3) is 0 Å². The Labute approximate surface area is 163 Å². The Balaban J connectivity index is 2.01. The maximum absolute atomic E-state index is 12.5. The van der Waals surface area contributed by atoms with Gasteiger partial charge in [0.25, 0.3) is 5.91 Å². The number of hydrogen-bond acceptors (Lipinski definition) is 3. The number of nitrogens with one attached hydrogen (secondary N) is 2. The third kappa shape index (κ3) is 6.07. The van der Waals surface area contributed by atoms with Gasteiger partial charge in [-0.1, -0.05) is 37.1 Å². The van der Waals surface area contributed by atoms with E-state index in [2.05, 4.69) is 17.6 Å². The molecular weight excluding hydrogens is 368 g/mol. The predicted octanol–water partition coefficient (Wildman–Crippen LogP) is 4.99. The Bertz CT molecular complexity index is 750. The van der Waals surface area contributed by atoms with Gasteiger partial charge in [0.2, 0.25) is 5.91 Å². The van der Waals surface area contributed by atoms with Crippen LogP contribution < -0.4 is 10.6 Å². The van der Waals surface area contributed by atoms with Crippen molar-refractivity contribution < 1.29 is 9.59 Å². The second-order valence-electron chi connectivity index (χ2n) is 5.86. The smallest absolute Gasteiger partial charge is 0.253 e. The molecule has 4 nitrogen and oxygen atoms in total. The number of para-hydroxylation sites is 1. The van der Waals surface area contributed by atoms with Crippen LogP contribution in [0.2, 0.25) is 5.02 Å². The number of rotatable bonds is 8. The number of hydrogen-bond donors (Lipinski definition) is 2. The fourth-order valence-electron chi connectivity index (χ4n) is 2.27. The molecule has 0 heterocycles. The lowest BCUT2D eigenvalue weighted by Gasteiger charge is -2.15. The molecule has 0 unspecified atom stereocenters. The highest BCUT2D eigenvalue weighted by molar-refractivity contribution is 8.00. The molecule has 2 rings (SSSR count). The van der Waals surface area contributed by atoms with E-state index in [1.54, 1.807) is 36.4 Å². The van der Waals surface area contributed by atoms with Gasteiger partial charge in [-0.2, -0.15) is 0 Å². The summed E-state index contributed by atoms with van der Waals surface area (Å²) in [6.07, 6.45) is 1.94. The highest BCUT2D eigenvalue weighted by Gasteiger charge is 2.18. The van der Waals surface area contributed by atoms with Crippen molar-refractivity contribution >= 4 is 40.9 Å². The fraction of sp³-hybridized carbons (Fsp3) is 0.300. The Morgan fingerprint density at radius 2 is 1.81 bits per heavy atom. The van der Waals surface area contributed by atoms with E-state index in [1.807, 2.05) is 19.1 Å². The molecule has 138 valence electrons. The SMILES string of the molecule is CCCCNC(=O)c1ccccc1NC(=O)[C@@H](C)Sc1ccc(Cl)cc1. The number of anilines is 1. The molecule has 0 spiro atoms. The first-order chi connectivity index (χ1) is 12.5. The summed E-state index contributed by atoms with van der Waals surface area (Å²) in [4.78, 5) is 25.8. The van der Waals surface area contributed by atoms with Crippen LogP contribution in [-0.2, 0) is 4.79 Å². The molecule has 2 amide bonds. The number of carbonyl (C=O) groups is 2. The summed E-state index contributed by atoms with van der Waals surface area (Å²) >= 11 is 7.32. The van der Waals surface area contributed by atoms with Gasteiger partial charge in [0.05, 0.1) is 16.5 Å². The van der Waals surface area contributed by atoms with Crippen LogP contribution in [0, 0.1) is 0 Å². The van der Waals surface area contributed by atoms with Crippen LogP contribution >= 0.6 is 23.4 Å². The van der Waals surface area contributed by atoms with Crippen LogP contribution in [0.15, 0.2) is 53.4 Å². The van der Waals surface area contributed by atoms with Gasteiger partial charge in [-0.3, -0.25) is 9.59 Å². The van der Waals surface area contributed by atoms with Crippen LogP contribution in [0.1, 0.15) is 37.0 Å². The molecule has 0 bridgehead atoms. The van der Waals surface area contributed by atoms with E-state index in [1.165, 1.54) is 11.8 Å². The summed E-state index contributed by atoms with van der Waals surface area (Å²) in [5.41, 5.74) is 0.996. The number of amides is 2. The second-order valence-corrected chi connectivity index (χ2v) is 7.71. The minimum atomic E-state index is -0.313. The topological polar surface area (TPSA) is 58.2 Å². The summed E-state index contributed by atoms with van der Waals surface area (Å²) < 4.78 is 0. The zero-order chi connectivity index (χ0) is 18.9. The largest absolute Gasteiger partial charge is 0.352 e. The van der Waals surface area contributed by atoms with E-state index >= 15 is 0 Å². The van der Waals surface area contributed by atoms with E-state index in [0.717, 1.165) is 17.7 Å². The number of halogens is 1. The van der Waals surface area contributed by atoms with Gasteiger partial charge in [0, 0.05) is 16.5 Å². The van der Waals surface area contributed by atoms with Gasteiger partial charge in [-0.25, -0.2) is 0 Å². The molecule has 0 radical (unpaired) electrons. The van der Waals surface area contributed by atoms with Gasteiger partial charge in [-0.15, -0.1) is 11.8 Å². The van der Waals surface area contributed by atoms with E-state index in [4.69, 9.17) is 11.6 Å². The van der Waals surface area contributed by atoms with E-state index < -0.39 is 0 Å². The monoisotopic (exact) mass is 390 g/mol. The predicted molar refractivity (Wildman–Crippen MR) is 109 cm³/mol. The van der Waals surface area contributed by atoms with Crippen molar-refractivity contribution in [2.45, 2.75) is 36.8 Å². The average molecular weight is 391 g/mol. The molecule has 6 heteroatoms. The number of benzene rings is 2. The fourth-order valence-corrected chi connectivity index (χ4v) is 3.26. The van der Waals surface area contributed by atoms with Gasteiger partial charge in [0.1, 0.15) is 0 Å². The number of thioether (sulfide) groups is 1. The zero-order valence-corrected chi connectivity index (χ0v) is 16.5. The third-order valence-electron chi connectivity index (χ3n) is 3.74. The first-order valence-electron chi connectivity index (χ1n) is 8.61. The van der Waals surface area contributed by atoms with E-state index in [9.17, 15) is 9.59 Å². The minimum Gasteiger partial charge on any atom is -0.352 e. The molecule has 0 fully saturated rings. The Kier molecular flexibility index (Phi) is 8.01. The van der Waals surface area contributed by atoms with Crippen molar-refractivity contribution in [3.8, 4) is 0 Å². The van der Waals surface area contributed by atoms with Gasteiger partial charge >= 0.3 is 0 Å². The van der Waals surface area contributed by atoms with Crippen molar-refractivity contribution in [1.29, 1.82) is 0 Å². The van der Waals surface area contributed by atoms with Crippen LogP contribution in [0.4, 0.5) is 5.69 Å². The summed E-state index contributed by atoms with van der Waals surface area (Å²) in [7, 11) is 0. The lowest BCUT2D eigenvalue weighted by atomic mass is 10.1. The molecule has 0 aromatic heterocycles. The molecular formula is C20H23ClN2O2S. The Morgan fingerprint density at radius 3 is 2.50 bits per heavy atom. The molecule has 2 aromatic carbocycles. The molecule has 1 atom stereocenters. The van der Waals surface area contributed by atoms with Crippen molar-refractivity contribution in [1.82, 2.24) is 5.32 Å². The van der Waals surface area contributed by atoms with Crippen LogP contribution in [-0.4, -0.2) is 23.6 Å². The molecule has 0 aliphatic heterocycles. The maximum atomic E-state index is 12.5. The number of unbranched alkanes of at least 4 members (excludes halogenated alkanes) is 1. The van der Waals surface area contributed by atoms with Crippen LogP contribution in [0.5, 0.6) is 0 Å². The number of carbonyl (C=O) groups excluding carboxylic acids is 2. The summed E-state index contributed by atoms with van der Waals surface area (Å²) in [6.45, 7) is 4.53. The second kappa shape index (κ2) is 10.2. The minimum absolute atomic E-state index is 0.154. The van der Waals surface area contributed by atoms with Crippen molar-refractivity contribution in [3.05, 3.63) is 59.1 Å². The van der Waals surface area contributed by atoms with E-state index in [0.29, 0.717) is 22.8 Å². The highest BCUT2D eigenvalue weighted by atomic mass is 35.5. The summed E-state index contributed by atoms with van der Waals surface area (Å²) in [6, 6.07) is 14.4. The third-order valence-corrected chi connectivity index (χ3v) is 5.11. The van der Waals surface area contributed by atoms with Crippen molar-refractivity contribution in [2.24, 2.45) is 0 Å². The molecule has 2 aromatic rings. The Hall–Kier alpha value is -1.98. The van der Waals surface area contributed by atoms with Gasteiger partial charge in [0.15, 0.2) is 0 Å². The quantitative estimate of drug-likeness (QED) is 0.493. The molecule has 0 aliphatic carbocycles. The lowest BCUT2D eigenvalue weighted by Crippen LogP contribution is -2.28. The molecule has 0 aliphatic rings. The normalized spacial score (nSPS) is 11.7. The van der Waals surface area contributed by atoms with Gasteiger partial charge < -0.3 is 10.6 Å². The first-order valence-corrected chi connectivity index (χ1v) is 9.87. The van der Waals surface area contributed by atoms with Crippen molar-refractivity contribution in [3.63, 3.8) is 0 Å². The zero-order valence-electron chi connectivity index (χ0n) is 14.9. The Morgan fingerprint density at radius 1 is 1.12 bits per heavy atom. The summed E-state index contributed by atoms with van der Waals surface area (Å²) in [5, 5.41) is 6.10. The lowest BCUT2D eigenvalue weighted by molar-refractivity contribution is -0.115. The van der Waals surface area contributed by atoms with Gasteiger partial charge in [-0.05, 0) is 49.7 Å². The average Bonchev–Trinajstić information content (AvgIpc) is 2.64. The first kappa shape index (κ1) is 20.3. The molecule has 2 N–H and O–H groups in total. The highest BCUT2D eigenvalue weighted by Crippen LogP contribution is 2.26. The molecule has 26 heavy (non-hydrogen) atoms.